The average Bonchev–Trinajstić information content (AvgIpc) is 2.67. The summed E-state index contributed by atoms with van der Waals surface area (Å²) in [6.45, 7) is 0. The zero-order valence-electron chi connectivity index (χ0n) is 7.83. The molecular formula is C10H8N3O2-. The van der Waals surface area contributed by atoms with Crippen molar-refractivity contribution in [1.29, 1.82) is 0 Å². The molecule has 0 atom stereocenters. The predicted molar refractivity (Wildman–Crippen MR) is 50.1 cm³/mol. The Kier molecular flexibility index (Phi) is 2.45. The molecule has 0 spiro atoms. The molecule has 0 aromatic carbocycles. The molecule has 5 nitrogen and oxygen atoms in total. The van der Waals surface area contributed by atoms with Gasteiger partial charge >= 0.3 is 0 Å². The van der Waals surface area contributed by atoms with E-state index in [2.05, 4.69) is 10.1 Å². The van der Waals surface area contributed by atoms with E-state index in [1.807, 2.05) is 0 Å². The molecule has 2 aromatic heterocycles. The third kappa shape index (κ3) is 2.19. The summed E-state index contributed by atoms with van der Waals surface area (Å²) in [6.07, 6.45) is 6.34. The van der Waals surface area contributed by atoms with Crippen molar-refractivity contribution in [2.45, 2.75) is 6.42 Å². The van der Waals surface area contributed by atoms with Gasteiger partial charge in [0.1, 0.15) is 0 Å². The molecule has 0 unspecified atom stereocenters. The second-order valence-corrected chi connectivity index (χ2v) is 3.05. The topological polar surface area (TPSA) is 70.8 Å². The Labute approximate surface area is 86.0 Å². The van der Waals surface area contributed by atoms with Gasteiger partial charge in [0.25, 0.3) is 0 Å². The van der Waals surface area contributed by atoms with Gasteiger partial charge in [-0.1, -0.05) is 0 Å². The standard InChI is InChI=1S/C10H9N3O2/c14-10(15)5-8-6-12-13(7-8)9-1-3-11-4-2-9/h1-4,6-7H,5H2,(H,14,15)/p-1. The van der Waals surface area contributed by atoms with E-state index >= 15 is 0 Å². The summed E-state index contributed by atoms with van der Waals surface area (Å²) in [7, 11) is 0. The maximum atomic E-state index is 10.4. The van der Waals surface area contributed by atoms with Gasteiger partial charge in [-0.2, -0.15) is 5.10 Å². The molecule has 0 aliphatic rings. The Morgan fingerprint density at radius 2 is 2.13 bits per heavy atom. The third-order valence-corrected chi connectivity index (χ3v) is 1.91. The summed E-state index contributed by atoms with van der Waals surface area (Å²) in [6, 6.07) is 3.57. The Balaban J connectivity index is 2.24. The lowest BCUT2D eigenvalue weighted by molar-refractivity contribution is -0.304. The smallest absolute Gasteiger partial charge is 0.0676 e. The Morgan fingerprint density at radius 1 is 1.40 bits per heavy atom. The number of hydrogen-bond acceptors (Lipinski definition) is 4. The zero-order valence-corrected chi connectivity index (χ0v) is 7.83. The molecule has 0 aliphatic heterocycles. The molecule has 0 saturated carbocycles. The van der Waals surface area contributed by atoms with Crippen molar-refractivity contribution in [2.75, 3.05) is 0 Å². The fourth-order valence-corrected chi connectivity index (χ4v) is 1.26. The largest absolute Gasteiger partial charge is 0.550 e. The molecular weight excluding hydrogens is 194 g/mol. The van der Waals surface area contributed by atoms with Crippen molar-refractivity contribution in [2.24, 2.45) is 0 Å². The summed E-state index contributed by atoms with van der Waals surface area (Å²) >= 11 is 0. The van der Waals surface area contributed by atoms with E-state index in [1.54, 1.807) is 35.4 Å². The molecule has 2 aromatic rings. The first-order chi connectivity index (χ1) is 7.25. The molecule has 0 saturated heterocycles. The SMILES string of the molecule is O=C([O-])Cc1cnn(-c2ccncc2)c1. The summed E-state index contributed by atoms with van der Waals surface area (Å²) in [4.78, 5) is 14.2. The minimum atomic E-state index is -1.11. The molecule has 15 heavy (non-hydrogen) atoms. The molecule has 5 heteroatoms. The van der Waals surface area contributed by atoms with Crippen molar-refractivity contribution >= 4 is 5.97 Å². The molecule has 0 bridgehead atoms. The number of aliphatic carboxylic acids is 1. The molecule has 0 amide bonds. The van der Waals surface area contributed by atoms with Gasteiger partial charge in [-0.3, -0.25) is 4.98 Å². The Morgan fingerprint density at radius 3 is 2.80 bits per heavy atom. The van der Waals surface area contributed by atoms with Gasteiger partial charge in [-0.15, -0.1) is 0 Å². The maximum Gasteiger partial charge on any atom is 0.0676 e. The zero-order chi connectivity index (χ0) is 10.7. The summed E-state index contributed by atoms with van der Waals surface area (Å²) in [5, 5.41) is 14.4. The fourth-order valence-electron chi connectivity index (χ4n) is 1.26. The summed E-state index contributed by atoms with van der Waals surface area (Å²) in [5.41, 5.74) is 1.46. The molecule has 0 fully saturated rings. The number of carboxylic acid groups (broad SMARTS) is 1. The van der Waals surface area contributed by atoms with E-state index in [-0.39, 0.29) is 6.42 Å². The quantitative estimate of drug-likeness (QED) is 0.676. The van der Waals surface area contributed by atoms with Gasteiger partial charge in [0, 0.05) is 31.0 Å². The van der Waals surface area contributed by atoms with E-state index in [9.17, 15) is 9.90 Å². The van der Waals surface area contributed by atoms with Crippen molar-refractivity contribution < 1.29 is 9.90 Å². The summed E-state index contributed by atoms with van der Waals surface area (Å²) < 4.78 is 1.60. The highest BCUT2D eigenvalue weighted by Gasteiger charge is 2.00. The Bertz CT molecular complexity index is 465. The van der Waals surface area contributed by atoms with Crippen LogP contribution in [0, 0.1) is 0 Å². The van der Waals surface area contributed by atoms with Gasteiger partial charge in [0.2, 0.25) is 0 Å². The highest BCUT2D eigenvalue weighted by atomic mass is 16.4. The number of pyridine rings is 1. The van der Waals surface area contributed by atoms with Crippen LogP contribution in [0.15, 0.2) is 36.9 Å². The average molecular weight is 202 g/mol. The van der Waals surface area contributed by atoms with Crippen molar-refractivity contribution in [3.8, 4) is 5.69 Å². The normalized spacial score (nSPS) is 10.1. The van der Waals surface area contributed by atoms with E-state index in [1.165, 1.54) is 6.20 Å². The van der Waals surface area contributed by atoms with Crippen LogP contribution in [0.2, 0.25) is 0 Å². The van der Waals surface area contributed by atoms with Crippen molar-refractivity contribution in [3.05, 3.63) is 42.5 Å². The lowest BCUT2D eigenvalue weighted by Crippen LogP contribution is -2.24. The predicted octanol–water partition coefficient (Wildman–Crippen LogP) is -0.440. The van der Waals surface area contributed by atoms with Gasteiger partial charge in [-0.05, 0) is 17.7 Å². The number of carbonyl (C=O) groups excluding carboxylic acids is 1. The van der Waals surface area contributed by atoms with Crippen LogP contribution in [0.4, 0.5) is 0 Å². The number of aromatic nitrogens is 3. The fraction of sp³-hybridized carbons (Fsp3) is 0.100. The number of carboxylic acids is 1. The van der Waals surface area contributed by atoms with Gasteiger partial charge < -0.3 is 9.90 Å². The van der Waals surface area contributed by atoms with Crippen LogP contribution in [0.5, 0.6) is 0 Å². The van der Waals surface area contributed by atoms with Crippen LogP contribution in [-0.4, -0.2) is 20.7 Å². The molecule has 0 N–H and O–H groups in total. The lowest BCUT2D eigenvalue weighted by atomic mass is 10.3. The minimum Gasteiger partial charge on any atom is -0.550 e. The number of nitrogens with zero attached hydrogens (tertiary/aromatic N) is 3. The van der Waals surface area contributed by atoms with E-state index in [0.717, 1.165) is 5.69 Å². The van der Waals surface area contributed by atoms with Crippen LogP contribution in [0.25, 0.3) is 5.69 Å². The lowest BCUT2D eigenvalue weighted by Gasteiger charge is -1.99. The highest BCUT2D eigenvalue weighted by molar-refractivity contribution is 5.67. The van der Waals surface area contributed by atoms with E-state index < -0.39 is 5.97 Å². The molecule has 76 valence electrons. The molecule has 2 rings (SSSR count). The second kappa shape index (κ2) is 3.91. The monoisotopic (exact) mass is 202 g/mol. The molecule has 0 aliphatic carbocycles. The van der Waals surface area contributed by atoms with Crippen LogP contribution in [0.1, 0.15) is 5.56 Å². The number of rotatable bonds is 3. The molecule has 0 radical (unpaired) electrons. The highest BCUT2D eigenvalue weighted by Crippen LogP contribution is 2.06. The van der Waals surface area contributed by atoms with Crippen molar-refractivity contribution in [3.63, 3.8) is 0 Å². The first-order valence-corrected chi connectivity index (χ1v) is 4.39. The van der Waals surface area contributed by atoms with Gasteiger partial charge in [0.15, 0.2) is 0 Å². The maximum absolute atomic E-state index is 10.4. The van der Waals surface area contributed by atoms with Crippen LogP contribution >= 0.6 is 0 Å². The second-order valence-electron chi connectivity index (χ2n) is 3.05. The van der Waals surface area contributed by atoms with Gasteiger partial charge in [0.05, 0.1) is 11.9 Å². The first kappa shape index (κ1) is 9.39. The minimum absolute atomic E-state index is 0.120. The van der Waals surface area contributed by atoms with Crippen LogP contribution in [0.3, 0.4) is 0 Å². The first-order valence-electron chi connectivity index (χ1n) is 4.39. The van der Waals surface area contributed by atoms with Crippen LogP contribution < -0.4 is 5.11 Å². The van der Waals surface area contributed by atoms with E-state index in [4.69, 9.17) is 0 Å². The van der Waals surface area contributed by atoms with E-state index in [0.29, 0.717) is 5.56 Å². The number of hydrogen-bond donors (Lipinski definition) is 0. The van der Waals surface area contributed by atoms with Crippen LogP contribution in [-0.2, 0) is 11.2 Å². The number of carbonyl (C=O) groups is 1. The third-order valence-electron chi connectivity index (χ3n) is 1.91. The Hall–Kier alpha value is -2.17. The molecule has 2 heterocycles. The van der Waals surface area contributed by atoms with Gasteiger partial charge in [-0.25, -0.2) is 4.68 Å². The summed E-state index contributed by atoms with van der Waals surface area (Å²) in [5.74, 6) is -1.11. The van der Waals surface area contributed by atoms with Crippen molar-refractivity contribution in [1.82, 2.24) is 14.8 Å².